The van der Waals surface area contributed by atoms with E-state index < -0.39 is 0 Å². The highest BCUT2D eigenvalue weighted by molar-refractivity contribution is 5.57. The molecule has 0 heterocycles. The highest BCUT2D eigenvalue weighted by Gasteiger charge is 2.25. The molecule has 1 fully saturated rings. The zero-order chi connectivity index (χ0) is 10.1. The molecule has 1 aliphatic rings. The van der Waals surface area contributed by atoms with Crippen LogP contribution in [0.3, 0.4) is 0 Å². The fourth-order valence-corrected chi connectivity index (χ4v) is 2.06. The van der Waals surface area contributed by atoms with Gasteiger partial charge in [-0.3, -0.25) is 0 Å². The smallest absolute Gasteiger partial charge is 0.124 e. The number of hydrogen-bond acceptors (Lipinski definition) is 1. The molecule has 0 aliphatic heterocycles. The van der Waals surface area contributed by atoms with Gasteiger partial charge in [0, 0.05) is 6.42 Å². The molecule has 74 valence electrons. The SMILES string of the molecule is Cc1cc(C)c(C2CC2)cc1CC=O. The van der Waals surface area contributed by atoms with E-state index >= 15 is 0 Å². The van der Waals surface area contributed by atoms with Gasteiger partial charge in [0.25, 0.3) is 0 Å². The highest BCUT2D eigenvalue weighted by atomic mass is 16.1. The summed E-state index contributed by atoms with van der Waals surface area (Å²) in [5, 5.41) is 0. The highest BCUT2D eigenvalue weighted by Crippen LogP contribution is 2.42. The minimum absolute atomic E-state index is 0.561. The third-order valence-electron chi connectivity index (χ3n) is 3.05. The maximum atomic E-state index is 10.5. The Kier molecular flexibility index (Phi) is 2.40. The number of carbonyl (C=O) groups is 1. The monoisotopic (exact) mass is 188 g/mol. The lowest BCUT2D eigenvalue weighted by Gasteiger charge is -2.09. The molecule has 0 unspecified atom stereocenters. The van der Waals surface area contributed by atoms with Crippen LogP contribution in [0.25, 0.3) is 0 Å². The van der Waals surface area contributed by atoms with Gasteiger partial charge in [0.15, 0.2) is 0 Å². The molecule has 0 radical (unpaired) electrons. The van der Waals surface area contributed by atoms with Crippen LogP contribution >= 0.6 is 0 Å². The van der Waals surface area contributed by atoms with Gasteiger partial charge in [-0.1, -0.05) is 12.1 Å². The average Bonchev–Trinajstić information content (AvgIpc) is 2.93. The molecule has 14 heavy (non-hydrogen) atoms. The van der Waals surface area contributed by atoms with Crippen molar-refractivity contribution in [1.29, 1.82) is 0 Å². The van der Waals surface area contributed by atoms with Crippen molar-refractivity contribution in [2.75, 3.05) is 0 Å². The van der Waals surface area contributed by atoms with E-state index in [1.54, 1.807) is 0 Å². The number of benzene rings is 1. The maximum absolute atomic E-state index is 10.5. The summed E-state index contributed by atoms with van der Waals surface area (Å²) in [6, 6.07) is 4.45. The number of aryl methyl sites for hydroxylation is 2. The molecular weight excluding hydrogens is 172 g/mol. The van der Waals surface area contributed by atoms with Crippen molar-refractivity contribution in [1.82, 2.24) is 0 Å². The van der Waals surface area contributed by atoms with Gasteiger partial charge in [-0.15, -0.1) is 0 Å². The van der Waals surface area contributed by atoms with E-state index in [9.17, 15) is 4.79 Å². The molecule has 1 aliphatic carbocycles. The van der Waals surface area contributed by atoms with E-state index in [1.807, 2.05) is 0 Å². The fraction of sp³-hybridized carbons (Fsp3) is 0.462. The third kappa shape index (κ3) is 1.72. The summed E-state index contributed by atoms with van der Waals surface area (Å²) < 4.78 is 0. The largest absolute Gasteiger partial charge is 0.303 e. The Morgan fingerprint density at radius 2 is 2.00 bits per heavy atom. The van der Waals surface area contributed by atoms with Crippen LogP contribution in [0.5, 0.6) is 0 Å². The fourth-order valence-electron chi connectivity index (χ4n) is 2.06. The molecule has 1 nitrogen and oxygen atoms in total. The summed E-state index contributed by atoms with van der Waals surface area (Å²) in [6.45, 7) is 4.26. The van der Waals surface area contributed by atoms with Crippen LogP contribution in [-0.4, -0.2) is 6.29 Å². The van der Waals surface area contributed by atoms with Gasteiger partial charge in [0.1, 0.15) is 6.29 Å². The summed E-state index contributed by atoms with van der Waals surface area (Å²) in [4.78, 5) is 10.5. The molecule has 2 rings (SSSR count). The van der Waals surface area contributed by atoms with Crippen LogP contribution in [0.4, 0.5) is 0 Å². The second kappa shape index (κ2) is 3.56. The van der Waals surface area contributed by atoms with Gasteiger partial charge < -0.3 is 4.79 Å². The first-order valence-electron chi connectivity index (χ1n) is 5.26. The standard InChI is InChI=1S/C13H16O/c1-9-7-10(2)13(11-3-4-11)8-12(9)5-6-14/h6-8,11H,3-5H2,1-2H3. The average molecular weight is 188 g/mol. The second-order valence-electron chi connectivity index (χ2n) is 4.28. The maximum Gasteiger partial charge on any atom is 0.124 e. The molecule has 0 N–H and O–H groups in total. The quantitative estimate of drug-likeness (QED) is 0.666. The van der Waals surface area contributed by atoms with Gasteiger partial charge in [0.2, 0.25) is 0 Å². The topological polar surface area (TPSA) is 17.1 Å². The second-order valence-corrected chi connectivity index (χ2v) is 4.28. The van der Waals surface area contributed by atoms with Gasteiger partial charge in [0.05, 0.1) is 0 Å². The summed E-state index contributed by atoms with van der Waals surface area (Å²) in [5.74, 6) is 0.779. The van der Waals surface area contributed by atoms with E-state index in [2.05, 4.69) is 26.0 Å². The van der Waals surface area contributed by atoms with E-state index in [-0.39, 0.29) is 0 Å². The number of carbonyl (C=O) groups excluding carboxylic acids is 1. The molecular formula is C13H16O. The van der Waals surface area contributed by atoms with E-state index in [4.69, 9.17) is 0 Å². The van der Waals surface area contributed by atoms with Crippen LogP contribution in [0.2, 0.25) is 0 Å². The normalized spacial score (nSPS) is 15.6. The lowest BCUT2D eigenvalue weighted by Crippen LogP contribution is -1.95. The molecule has 1 saturated carbocycles. The Labute approximate surface area is 85.1 Å². The minimum atomic E-state index is 0.561. The lowest BCUT2D eigenvalue weighted by molar-refractivity contribution is -0.107. The molecule has 0 aromatic heterocycles. The zero-order valence-corrected chi connectivity index (χ0v) is 8.84. The predicted octanol–water partition coefficient (Wildman–Crippen LogP) is 2.92. The third-order valence-corrected chi connectivity index (χ3v) is 3.05. The Morgan fingerprint density at radius 3 is 2.57 bits per heavy atom. The van der Waals surface area contributed by atoms with Crippen LogP contribution in [0, 0.1) is 13.8 Å². The Bertz CT molecular complexity index is 362. The number of aldehydes is 1. The van der Waals surface area contributed by atoms with Crippen molar-refractivity contribution in [2.45, 2.75) is 39.0 Å². The van der Waals surface area contributed by atoms with Crippen molar-refractivity contribution in [3.05, 3.63) is 34.4 Å². The van der Waals surface area contributed by atoms with E-state index in [1.165, 1.54) is 35.1 Å². The lowest BCUT2D eigenvalue weighted by atomic mass is 9.96. The van der Waals surface area contributed by atoms with Crippen molar-refractivity contribution in [3.63, 3.8) is 0 Å². The van der Waals surface area contributed by atoms with Crippen LogP contribution in [0.1, 0.15) is 41.0 Å². The molecule has 1 heteroatoms. The van der Waals surface area contributed by atoms with Crippen molar-refractivity contribution < 1.29 is 4.79 Å². The van der Waals surface area contributed by atoms with Crippen molar-refractivity contribution >= 4 is 6.29 Å². The summed E-state index contributed by atoms with van der Waals surface area (Å²) in [7, 11) is 0. The number of hydrogen-bond donors (Lipinski definition) is 0. The zero-order valence-electron chi connectivity index (χ0n) is 8.84. The number of rotatable bonds is 3. The Hall–Kier alpha value is -1.11. The first-order valence-corrected chi connectivity index (χ1v) is 5.26. The molecule has 1 aromatic carbocycles. The Morgan fingerprint density at radius 1 is 1.29 bits per heavy atom. The molecule has 0 atom stereocenters. The Balaban J connectivity index is 2.40. The molecule has 0 amide bonds. The van der Waals surface area contributed by atoms with Gasteiger partial charge in [-0.2, -0.15) is 0 Å². The first-order chi connectivity index (χ1) is 6.72. The van der Waals surface area contributed by atoms with Gasteiger partial charge >= 0.3 is 0 Å². The van der Waals surface area contributed by atoms with Crippen LogP contribution < -0.4 is 0 Å². The van der Waals surface area contributed by atoms with Gasteiger partial charge in [-0.25, -0.2) is 0 Å². The van der Waals surface area contributed by atoms with E-state index in [0.29, 0.717) is 6.42 Å². The van der Waals surface area contributed by atoms with Crippen LogP contribution in [0.15, 0.2) is 12.1 Å². The molecule has 0 saturated heterocycles. The first kappa shape index (κ1) is 9.45. The minimum Gasteiger partial charge on any atom is -0.303 e. The molecule has 1 aromatic rings. The predicted molar refractivity (Wildman–Crippen MR) is 57.7 cm³/mol. The summed E-state index contributed by atoms with van der Waals surface area (Å²) >= 11 is 0. The van der Waals surface area contributed by atoms with Crippen molar-refractivity contribution in [2.24, 2.45) is 0 Å². The van der Waals surface area contributed by atoms with Crippen molar-refractivity contribution in [3.8, 4) is 0 Å². The molecule has 0 spiro atoms. The summed E-state index contributed by atoms with van der Waals surface area (Å²) in [5.41, 5.74) is 5.30. The van der Waals surface area contributed by atoms with E-state index in [0.717, 1.165) is 12.2 Å². The van der Waals surface area contributed by atoms with Crippen LogP contribution in [-0.2, 0) is 11.2 Å². The molecule has 0 bridgehead atoms. The van der Waals surface area contributed by atoms with Gasteiger partial charge in [-0.05, 0) is 54.9 Å². The summed E-state index contributed by atoms with van der Waals surface area (Å²) in [6.07, 6.45) is 4.20.